The van der Waals surface area contributed by atoms with Crippen molar-refractivity contribution in [1.82, 2.24) is 4.98 Å². The fourth-order valence-corrected chi connectivity index (χ4v) is 2.95. The van der Waals surface area contributed by atoms with Gasteiger partial charge in [-0.25, -0.2) is 4.98 Å². The zero-order valence-electron chi connectivity index (χ0n) is 11.7. The molecule has 2 rings (SSSR count). The Labute approximate surface area is 110 Å². The van der Waals surface area contributed by atoms with Crippen molar-refractivity contribution in [2.45, 2.75) is 58.5 Å². The molecule has 1 heterocycles. The number of hydrogen-bond donors (Lipinski definition) is 1. The fraction of sp³-hybridized carbons (Fsp3) is 0.667. The molecular weight excluding hydrogens is 222 g/mol. The van der Waals surface area contributed by atoms with Gasteiger partial charge in [0.15, 0.2) is 0 Å². The Morgan fingerprint density at radius 2 is 2.00 bits per heavy atom. The Hall–Kier alpha value is -1.09. The van der Waals surface area contributed by atoms with Crippen LogP contribution in [-0.4, -0.2) is 17.6 Å². The molecule has 1 aromatic rings. The Balaban J connectivity index is 2.18. The van der Waals surface area contributed by atoms with E-state index in [9.17, 15) is 0 Å². The highest BCUT2D eigenvalue weighted by Crippen LogP contribution is 2.26. The molecule has 1 fully saturated rings. The molecule has 0 atom stereocenters. The monoisotopic (exact) mass is 247 g/mol. The van der Waals surface area contributed by atoms with Gasteiger partial charge in [0, 0.05) is 24.8 Å². The van der Waals surface area contributed by atoms with Crippen molar-refractivity contribution in [1.29, 1.82) is 0 Å². The third-order valence-corrected chi connectivity index (χ3v) is 4.05. The molecule has 0 aromatic carbocycles. The van der Waals surface area contributed by atoms with Crippen LogP contribution >= 0.6 is 0 Å². The topological polar surface area (TPSA) is 42.1 Å². The average Bonchev–Trinajstić information content (AvgIpc) is 2.41. The molecule has 1 aliphatic rings. The lowest BCUT2D eigenvalue weighted by molar-refractivity contribution is 0.416. The standard InChI is InChI=1S/C15H25N3/c1-3-18(14-7-5-4-6-8-14)15-10-9-13(11-16)12(2)17-15/h9-10,14H,3-8,11,16H2,1-2H3. The third-order valence-electron chi connectivity index (χ3n) is 4.05. The summed E-state index contributed by atoms with van der Waals surface area (Å²) in [5.74, 6) is 1.12. The van der Waals surface area contributed by atoms with Crippen molar-refractivity contribution in [2.24, 2.45) is 5.73 Å². The van der Waals surface area contributed by atoms with E-state index in [1.807, 2.05) is 0 Å². The molecule has 0 bridgehead atoms. The zero-order valence-corrected chi connectivity index (χ0v) is 11.7. The maximum atomic E-state index is 5.70. The van der Waals surface area contributed by atoms with Crippen LogP contribution in [0.2, 0.25) is 0 Å². The Morgan fingerprint density at radius 3 is 2.56 bits per heavy atom. The summed E-state index contributed by atoms with van der Waals surface area (Å²) in [4.78, 5) is 7.20. The highest BCUT2D eigenvalue weighted by Gasteiger charge is 2.21. The van der Waals surface area contributed by atoms with Crippen molar-refractivity contribution in [3.63, 3.8) is 0 Å². The van der Waals surface area contributed by atoms with Crippen LogP contribution in [0.1, 0.15) is 50.3 Å². The molecule has 2 N–H and O–H groups in total. The van der Waals surface area contributed by atoms with Crippen LogP contribution in [0.15, 0.2) is 12.1 Å². The molecule has 0 spiro atoms. The second kappa shape index (κ2) is 6.19. The number of nitrogens with zero attached hydrogens (tertiary/aromatic N) is 2. The van der Waals surface area contributed by atoms with Crippen LogP contribution in [0, 0.1) is 6.92 Å². The number of hydrogen-bond acceptors (Lipinski definition) is 3. The van der Waals surface area contributed by atoms with Gasteiger partial charge in [0.1, 0.15) is 5.82 Å². The van der Waals surface area contributed by atoms with Crippen molar-refractivity contribution in [3.05, 3.63) is 23.4 Å². The molecule has 0 saturated heterocycles. The quantitative estimate of drug-likeness (QED) is 0.889. The maximum Gasteiger partial charge on any atom is 0.129 e. The number of pyridine rings is 1. The van der Waals surface area contributed by atoms with E-state index in [0.717, 1.165) is 23.6 Å². The van der Waals surface area contributed by atoms with Crippen LogP contribution in [-0.2, 0) is 6.54 Å². The minimum atomic E-state index is 0.578. The molecule has 1 aliphatic carbocycles. The van der Waals surface area contributed by atoms with Crippen molar-refractivity contribution < 1.29 is 0 Å². The summed E-state index contributed by atoms with van der Waals surface area (Å²) >= 11 is 0. The second-order valence-electron chi connectivity index (χ2n) is 5.20. The Morgan fingerprint density at radius 1 is 1.28 bits per heavy atom. The van der Waals surface area contributed by atoms with E-state index in [2.05, 4.69) is 30.9 Å². The molecule has 18 heavy (non-hydrogen) atoms. The van der Waals surface area contributed by atoms with E-state index in [1.165, 1.54) is 32.1 Å². The van der Waals surface area contributed by atoms with Gasteiger partial charge >= 0.3 is 0 Å². The van der Waals surface area contributed by atoms with E-state index >= 15 is 0 Å². The number of aromatic nitrogens is 1. The number of rotatable bonds is 4. The molecule has 3 heteroatoms. The van der Waals surface area contributed by atoms with Gasteiger partial charge in [-0.1, -0.05) is 25.3 Å². The first kappa shape index (κ1) is 13.3. The zero-order chi connectivity index (χ0) is 13.0. The summed E-state index contributed by atoms with van der Waals surface area (Å²) in [6.07, 6.45) is 6.75. The fourth-order valence-electron chi connectivity index (χ4n) is 2.95. The molecule has 0 amide bonds. The molecule has 1 saturated carbocycles. The summed E-state index contributed by atoms with van der Waals surface area (Å²) in [7, 11) is 0. The van der Waals surface area contributed by atoms with Crippen LogP contribution < -0.4 is 10.6 Å². The highest BCUT2D eigenvalue weighted by molar-refractivity contribution is 5.42. The summed E-state index contributed by atoms with van der Waals surface area (Å²) in [6, 6.07) is 4.94. The minimum absolute atomic E-state index is 0.578. The minimum Gasteiger partial charge on any atom is -0.354 e. The SMILES string of the molecule is CCN(c1ccc(CN)c(C)n1)C1CCCCC1. The van der Waals surface area contributed by atoms with E-state index < -0.39 is 0 Å². The highest BCUT2D eigenvalue weighted by atomic mass is 15.2. The Bertz CT molecular complexity index is 383. The predicted molar refractivity (Wildman–Crippen MR) is 76.8 cm³/mol. The molecule has 3 nitrogen and oxygen atoms in total. The van der Waals surface area contributed by atoms with Gasteiger partial charge in [-0.15, -0.1) is 0 Å². The maximum absolute atomic E-state index is 5.70. The van der Waals surface area contributed by atoms with Crippen LogP contribution in [0.25, 0.3) is 0 Å². The first-order valence-corrected chi connectivity index (χ1v) is 7.19. The normalized spacial score (nSPS) is 16.8. The largest absolute Gasteiger partial charge is 0.354 e. The van der Waals surface area contributed by atoms with E-state index in [-0.39, 0.29) is 0 Å². The van der Waals surface area contributed by atoms with Crippen LogP contribution in [0.4, 0.5) is 5.82 Å². The van der Waals surface area contributed by atoms with Crippen LogP contribution in [0.3, 0.4) is 0 Å². The molecule has 0 radical (unpaired) electrons. The number of nitrogens with two attached hydrogens (primary N) is 1. The van der Waals surface area contributed by atoms with Crippen molar-refractivity contribution in [3.8, 4) is 0 Å². The van der Waals surface area contributed by atoms with Gasteiger partial charge in [0.25, 0.3) is 0 Å². The van der Waals surface area contributed by atoms with Crippen molar-refractivity contribution in [2.75, 3.05) is 11.4 Å². The Kier molecular flexibility index (Phi) is 4.59. The van der Waals surface area contributed by atoms with Gasteiger partial charge in [-0.2, -0.15) is 0 Å². The average molecular weight is 247 g/mol. The lowest BCUT2D eigenvalue weighted by Crippen LogP contribution is -2.37. The van der Waals surface area contributed by atoms with E-state index in [1.54, 1.807) is 0 Å². The van der Waals surface area contributed by atoms with Gasteiger partial charge in [0.2, 0.25) is 0 Å². The first-order valence-electron chi connectivity index (χ1n) is 7.19. The van der Waals surface area contributed by atoms with Gasteiger partial charge in [0.05, 0.1) is 0 Å². The second-order valence-corrected chi connectivity index (χ2v) is 5.20. The first-order chi connectivity index (χ1) is 8.76. The predicted octanol–water partition coefficient (Wildman–Crippen LogP) is 3.01. The smallest absolute Gasteiger partial charge is 0.129 e. The molecular formula is C15H25N3. The summed E-state index contributed by atoms with van der Waals surface area (Å²) in [5.41, 5.74) is 7.92. The van der Waals surface area contributed by atoms with E-state index in [0.29, 0.717) is 12.6 Å². The van der Waals surface area contributed by atoms with Crippen molar-refractivity contribution >= 4 is 5.82 Å². The lowest BCUT2D eigenvalue weighted by atomic mass is 9.94. The molecule has 1 aromatic heterocycles. The summed E-state index contributed by atoms with van der Waals surface area (Å²) < 4.78 is 0. The molecule has 0 unspecified atom stereocenters. The number of anilines is 1. The molecule has 100 valence electrons. The van der Waals surface area contributed by atoms with E-state index in [4.69, 9.17) is 10.7 Å². The summed E-state index contributed by atoms with van der Waals surface area (Å²) in [5, 5.41) is 0. The van der Waals surface area contributed by atoms with Crippen LogP contribution in [0.5, 0.6) is 0 Å². The van der Waals surface area contributed by atoms with Gasteiger partial charge in [-0.05, 0) is 38.3 Å². The number of aryl methyl sites for hydroxylation is 1. The third kappa shape index (κ3) is 2.83. The summed E-state index contributed by atoms with van der Waals surface area (Å²) in [6.45, 7) is 5.90. The van der Waals surface area contributed by atoms with Gasteiger partial charge in [-0.3, -0.25) is 0 Å². The lowest BCUT2D eigenvalue weighted by Gasteiger charge is -2.34. The van der Waals surface area contributed by atoms with Gasteiger partial charge < -0.3 is 10.6 Å². The molecule has 0 aliphatic heterocycles.